The number of halogens is 1. The van der Waals surface area contributed by atoms with E-state index in [1.165, 1.54) is 31.4 Å². The molecule has 5 heteroatoms. The fraction of sp³-hybridized carbons (Fsp3) is 0.588. The van der Waals surface area contributed by atoms with Gasteiger partial charge in [-0.05, 0) is 49.4 Å². The van der Waals surface area contributed by atoms with Crippen LogP contribution >= 0.6 is 0 Å². The van der Waals surface area contributed by atoms with Gasteiger partial charge in [-0.15, -0.1) is 0 Å². The molecular weight excluding hydrogens is 281 g/mol. The zero-order chi connectivity index (χ0) is 15.1. The molecule has 0 aromatic heterocycles. The molecule has 0 unspecified atom stereocenters. The highest BCUT2D eigenvalue weighted by atomic mass is 19.1. The van der Waals surface area contributed by atoms with Crippen LogP contribution in [-0.4, -0.2) is 48.0 Å². The van der Waals surface area contributed by atoms with E-state index in [9.17, 15) is 9.60 Å². The molecular formula is C17H22FN3O. The Bertz CT molecular complexity index is 566. The average Bonchev–Trinajstić information content (AvgIpc) is 3.16. The molecule has 22 heavy (non-hydrogen) atoms. The predicted octanol–water partition coefficient (Wildman–Crippen LogP) is 2.58. The van der Waals surface area contributed by atoms with Gasteiger partial charge in [-0.1, -0.05) is 5.16 Å². The molecule has 1 heterocycles. The van der Waals surface area contributed by atoms with E-state index >= 15 is 0 Å². The van der Waals surface area contributed by atoms with E-state index in [0.717, 1.165) is 37.6 Å². The molecule has 0 amide bonds. The van der Waals surface area contributed by atoms with Gasteiger partial charge in [0.1, 0.15) is 5.82 Å². The number of piperazine rings is 1. The minimum atomic E-state index is -0.187. The fourth-order valence-corrected chi connectivity index (χ4v) is 4.59. The monoisotopic (exact) mass is 303 g/mol. The highest BCUT2D eigenvalue weighted by molar-refractivity contribution is 5.94. The van der Waals surface area contributed by atoms with Gasteiger partial charge in [0.15, 0.2) is 0 Å². The quantitative estimate of drug-likeness (QED) is 0.674. The first-order valence-corrected chi connectivity index (χ1v) is 8.22. The Morgan fingerprint density at radius 1 is 1.05 bits per heavy atom. The van der Waals surface area contributed by atoms with Crippen molar-refractivity contribution in [3.63, 3.8) is 0 Å². The second kappa shape index (κ2) is 5.54. The molecule has 1 saturated heterocycles. The first-order chi connectivity index (χ1) is 10.8. The van der Waals surface area contributed by atoms with Crippen molar-refractivity contribution in [3.05, 3.63) is 30.1 Å². The number of oxime groups is 1. The van der Waals surface area contributed by atoms with Crippen molar-refractivity contribution >= 4 is 11.4 Å². The van der Waals surface area contributed by atoms with Gasteiger partial charge < -0.3 is 10.1 Å². The first-order valence-electron chi connectivity index (χ1n) is 8.22. The molecule has 1 aromatic carbocycles. The summed E-state index contributed by atoms with van der Waals surface area (Å²) in [5.74, 6) is 0.997. The van der Waals surface area contributed by atoms with Crippen LogP contribution in [0.15, 0.2) is 29.4 Å². The number of rotatable bonds is 2. The normalized spacial score (nSPS) is 33.8. The maximum Gasteiger partial charge on any atom is 0.123 e. The molecule has 118 valence electrons. The number of hydrogen-bond donors (Lipinski definition) is 1. The van der Waals surface area contributed by atoms with Crippen molar-refractivity contribution in [1.82, 2.24) is 4.90 Å². The SMILES string of the molecule is O/N=C1\[C@H]2CC[C@@H](C2)[C@H]1N1CCN(c2ccc(F)cc2)CC1. The summed E-state index contributed by atoms with van der Waals surface area (Å²) in [6.07, 6.45) is 3.66. The summed E-state index contributed by atoms with van der Waals surface area (Å²) >= 11 is 0. The smallest absolute Gasteiger partial charge is 0.123 e. The van der Waals surface area contributed by atoms with Crippen LogP contribution in [0.25, 0.3) is 0 Å². The Balaban J connectivity index is 1.43. The number of fused-ring (bicyclic) bond motifs is 2. The van der Waals surface area contributed by atoms with Gasteiger partial charge >= 0.3 is 0 Å². The van der Waals surface area contributed by atoms with E-state index in [0.29, 0.717) is 17.9 Å². The van der Waals surface area contributed by atoms with Crippen LogP contribution in [-0.2, 0) is 0 Å². The van der Waals surface area contributed by atoms with Gasteiger partial charge in [0, 0.05) is 37.8 Å². The van der Waals surface area contributed by atoms with Gasteiger partial charge in [-0.3, -0.25) is 4.90 Å². The minimum absolute atomic E-state index is 0.187. The van der Waals surface area contributed by atoms with Crippen molar-refractivity contribution < 1.29 is 9.60 Å². The molecule has 2 saturated carbocycles. The van der Waals surface area contributed by atoms with Crippen molar-refractivity contribution in [2.75, 3.05) is 31.1 Å². The number of hydrogen-bond acceptors (Lipinski definition) is 4. The summed E-state index contributed by atoms with van der Waals surface area (Å²) in [4.78, 5) is 4.79. The maximum atomic E-state index is 13.0. The van der Waals surface area contributed by atoms with E-state index in [2.05, 4.69) is 15.0 Å². The molecule has 1 N–H and O–H groups in total. The summed E-state index contributed by atoms with van der Waals surface area (Å²) in [6.45, 7) is 3.84. The zero-order valence-electron chi connectivity index (χ0n) is 12.7. The first kappa shape index (κ1) is 14.0. The van der Waals surface area contributed by atoms with Crippen molar-refractivity contribution in [3.8, 4) is 0 Å². The standard InChI is InChI=1S/C17H22FN3O/c18-14-3-5-15(6-4-14)20-7-9-21(10-8-20)17-13-2-1-12(11-13)16(17)19-22/h3-6,12-13,17,22H,1-2,7-11H2/b19-16+/t12-,13-,17+/m0/s1. The van der Waals surface area contributed by atoms with Crippen LogP contribution in [0.1, 0.15) is 19.3 Å². The van der Waals surface area contributed by atoms with E-state index in [1.54, 1.807) is 0 Å². The lowest BCUT2D eigenvalue weighted by atomic mass is 9.91. The van der Waals surface area contributed by atoms with Crippen LogP contribution in [0.2, 0.25) is 0 Å². The van der Waals surface area contributed by atoms with Crippen LogP contribution < -0.4 is 4.90 Å². The second-order valence-electron chi connectivity index (χ2n) is 6.74. The molecule has 3 aliphatic rings. The lowest BCUT2D eigenvalue weighted by Gasteiger charge is -2.41. The molecule has 4 nitrogen and oxygen atoms in total. The van der Waals surface area contributed by atoms with Gasteiger partial charge in [0.05, 0.1) is 11.8 Å². The molecule has 2 bridgehead atoms. The molecule has 2 aliphatic carbocycles. The lowest BCUT2D eigenvalue weighted by molar-refractivity contribution is 0.181. The molecule has 4 rings (SSSR count). The molecule has 0 spiro atoms. The van der Waals surface area contributed by atoms with Gasteiger partial charge in [0.2, 0.25) is 0 Å². The third-order valence-electron chi connectivity index (χ3n) is 5.66. The van der Waals surface area contributed by atoms with Crippen LogP contribution in [0.3, 0.4) is 0 Å². The Morgan fingerprint density at radius 2 is 1.77 bits per heavy atom. The Labute approximate surface area is 130 Å². The van der Waals surface area contributed by atoms with Crippen LogP contribution in [0, 0.1) is 17.7 Å². The number of nitrogens with zero attached hydrogens (tertiary/aromatic N) is 3. The highest BCUT2D eigenvalue weighted by Gasteiger charge is 2.48. The van der Waals surface area contributed by atoms with Gasteiger partial charge in [-0.25, -0.2) is 4.39 Å². The summed E-state index contributed by atoms with van der Waals surface area (Å²) in [5, 5.41) is 13.0. The second-order valence-corrected chi connectivity index (χ2v) is 6.74. The van der Waals surface area contributed by atoms with E-state index in [4.69, 9.17) is 0 Å². The lowest BCUT2D eigenvalue weighted by Crippen LogP contribution is -2.54. The molecule has 1 aromatic rings. The third-order valence-corrected chi connectivity index (χ3v) is 5.66. The number of anilines is 1. The largest absolute Gasteiger partial charge is 0.411 e. The van der Waals surface area contributed by atoms with Crippen LogP contribution in [0.5, 0.6) is 0 Å². The molecule has 3 fully saturated rings. The summed E-state index contributed by atoms with van der Waals surface area (Å²) in [6, 6.07) is 7.09. The summed E-state index contributed by atoms with van der Waals surface area (Å²) < 4.78 is 13.0. The summed E-state index contributed by atoms with van der Waals surface area (Å²) in [7, 11) is 0. The van der Waals surface area contributed by atoms with Crippen LogP contribution in [0.4, 0.5) is 10.1 Å². The predicted molar refractivity (Wildman–Crippen MR) is 84.0 cm³/mol. The van der Waals surface area contributed by atoms with E-state index in [1.807, 2.05) is 12.1 Å². The Kier molecular flexibility index (Phi) is 3.53. The van der Waals surface area contributed by atoms with E-state index in [-0.39, 0.29) is 5.82 Å². The van der Waals surface area contributed by atoms with Crippen molar-refractivity contribution in [1.29, 1.82) is 0 Å². The molecule has 1 aliphatic heterocycles. The fourth-order valence-electron chi connectivity index (χ4n) is 4.59. The molecule has 0 radical (unpaired) electrons. The summed E-state index contributed by atoms with van der Waals surface area (Å²) in [5.41, 5.74) is 2.11. The van der Waals surface area contributed by atoms with Gasteiger partial charge in [0.25, 0.3) is 0 Å². The Hall–Kier alpha value is -1.62. The number of benzene rings is 1. The van der Waals surface area contributed by atoms with Crippen molar-refractivity contribution in [2.24, 2.45) is 17.0 Å². The van der Waals surface area contributed by atoms with E-state index < -0.39 is 0 Å². The van der Waals surface area contributed by atoms with Gasteiger partial charge in [-0.2, -0.15) is 0 Å². The Morgan fingerprint density at radius 3 is 2.45 bits per heavy atom. The molecule has 3 atom stereocenters. The minimum Gasteiger partial charge on any atom is -0.411 e. The topological polar surface area (TPSA) is 39.1 Å². The average molecular weight is 303 g/mol. The highest BCUT2D eigenvalue weighted by Crippen LogP contribution is 2.45. The zero-order valence-corrected chi connectivity index (χ0v) is 12.7. The maximum absolute atomic E-state index is 13.0. The third kappa shape index (κ3) is 2.28. The van der Waals surface area contributed by atoms with Crippen molar-refractivity contribution in [2.45, 2.75) is 25.3 Å².